The number of pyridine rings is 1. The highest BCUT2D eigenvalue weighted by molar-refractivity contribution is 6.03. The molecule has 1 aliphatic carbocycles. The number of hydrogen-bond acceptors (Lipinski definition) is 3. The number of amides is 1. The van der Waals surface area contributed by atoms with E-state index < -0.39 is 11.9 Å². The van der Waals surface area contributed by atoms with E-state index in [9.17, 15) is 9.59 Å². The summed E-state index contributed by atoms with van der Waals surface area (Å²) in [7, 11) is 0. The van der Waals surface area contributed by atoms with Crippen LogP contribution in [0, 0.1) is 5.92 Å². The first-order valence-corrected chi connectivity index (χ1v) is 6.58. The maximum Gasteiger partial charge on any atom is 0.338 e. The molecule has 1 aromatic rings. The zero-order valence-corrected chi connectivity index (χ0v) is 10.9. The van der Waals surface area contributed by atoms with Gasteiger partial charge in [0, 0.05) is 12.2 Å². The van der Waals surface area contributed by atoms with E-state index >= 15 is 0 Å². The van der Waals surface area contributed by atoms with Gasteiger partial charge in [-0.05, 0) is 30.9 Å². The number of carboxylic acids is 1. The highest BCUT2D eigenvalue weighted by atomic mass is 16.4. The average molecular weight is 262 g/mol. The molecule has 1 heterocycles. The SMILES string of the molecule is CC1CCCCC1NC(=O)c1ncccc1C(=O)O. The Labute approximate surface area is 112 Å². The molecule has 2 unspecified atom stereocenters. The molecule has 0 spiro atoms. The monoisotopic (exact) mass is 262 g/mol. The van der Waals surface area contributed by atoms with Gasteiger partial charge in [-0.2, -0.15) is 0 Å². The van der Waals surface area contributed by atoms with Crippen LogP contribution in [0.2, 0.25) is 0 Å². The summed E-state index contributed by atoms with van der Waals surface area (Å²) in [5.41, 5.74) is -0.0590. The zero-order valence-electron chi connectivity index (χ0n) is 10.9. The van der Waals surface area contributed by atoms with Gasteiger partial charge in [0.1, 0.15) is 5.69 Å². The molecule has 0 bridgehead atoms. The van der Waals surface area contributed by atoms with E-state index in [4.69, 9.17) is 5.11 Å². The van der Waals surface area contributed by atoms with Crippen LogP contribution in [0.1, 0.15) is 53.5 Å². The lowest BCUT2D eigenvalue weighted by Gasteiger charge is -2.29. The third-order valence-electron chi connectivity index (χ3n) is 3.68. The Morgan fingerprint density at radius 2 is 2.11 bits per heavy atom. The Morgan fingerprint density at radius 3 is 2.79 bits per heavy atom. The van der Waals surface area contributed by atoms with E-state index in [1.54, 1.807) is 0 Å². The molecule has 1 aliphatic rings. The average Bonchev–Trinajstić information content (AvgIpc) is 2.41. The fourth-order valence-corrected chi connectivity index (χ4v) is 2.53. The van der Waals surface area contributed by atoms with Crippen molar-refractivity contribution in [1.29, 1.82) is 0 Å². The van der Waals surface area contributed by atoms with Crippen molar-refractivity contribution in [3.8, 4) is 0 Å². The van der Waals surface area contributed by atoms with Crippen LogP contribution in [0.25, 0.3) is 0 Å². The highest BCUT2D eigenvalue weighted by Crippen LogP contribution is 2.24. The first kappa shape index (κ1) is 13.5. The molecule has 0 saturated heterocycles. The van der Waals surface area contributed by atoms with Crippen molar-refractivity contribution >= 4 is 11.9 Å². The molecule has 1 aromatic heterocycles. The van der Waals surface area contributed by atoms with E-state index in [1.807, 2.05) is 0 Å². The lowest BCUT2D eigenvalue weighted by molar-refractivity contribution is 0.0688. The number of hydrogen-bond donors (Lipinski definition) is 2. The van der Waals surface area contributed by atoms with Crippen LogP contribution in [0.15, 0.2) is 18.3 Å². The van der Waals surface area contributed by atoms with E-state index in [1.165, 1.54) is 24.8 Å². The molecule has 1 fully saturated rings. The fourth-order valence-electron chi connectivity index (χ4n) is 2.53. The molecule has 1 saturated carbocycles. The Balaban J connectivity index is 2.13. The van der Waals surface area contributed by atoms with E-state index in [0.29, 0.717) is 5.92 Å². The van der Waals surface area contributed by atoms with Crippen molar-refractivity contribution in [1.82, 2.24) is 10.3 Å². The maximum atomic E-state index is 12.1. The van der Waals surface area contributed by atoms with Gasteiger partial charge in [-0.25, -0.2) is 4.79 Å². The van der Waals surface area contributed by atoms with Crippen molar-refractivity contribution in [2.75, 3.05) is 0 Å². The van der Waals surface area contributed by atoms with Gasteiger partial charge in [0.2, 0.25) is 0 Å². The van der Waals surface area contributed by atoms with Crippen LogP contribution in [0.5, 0.6) is 0 Å². The van der Waals surface area contributed by atoms with Crippen LogP contribution in [-0.4, -0.2) is 28.0 Å². The quantitative estimate of drug-likeness (QED) is 0.874. The topological polar surface area (TPSA) is 79.3 Å². The third-order valence-corrected chi connectivity index (χ3v) is 3.68. The summed E-state index contributed by atoms with van der Waals surface area (Å²) in [5.74, 6) is -1.10. The summed E-state index contributed by atoms with van der Waals surface area (Å²) in [6.07, 6.45) is 5.77. The van der Waals surface area contributed by atoms with Gasteiger partial charge in [0.05, 0.1) is 5.56 Å². The van der Waals surface area contributed by atoms with Crippen LogP contribution in [0.3, 0.4) is 0 Å². The van der Waals surface area contributed by atoms with E-state index in [0.717, 1.165) is 19.3 Å². The molecule has 102 valence electrons. The minimum Gasteiger partial charge on any atom is -0.478 e. The number of carboxylic acid groups (broad SMARTS) is 1. The molecule has 2 atom stereocenters. The van der Waals surface area contributed by atoms with Crippen molar-refractivity contribution in [2.45, 2.75) is 38.6 Å². The van der Waals surface area contributed by atoms with Gasteiger partial charge in [-0.1, -0.05) is 19.8 Å². The lowest BCUT2D eigenvalue weighted by atomic mass is 9.86. The van der Waals surface area contributed by atoms with Crippen molar-refractivity contribution in [2.24, 2.45) is 5.92 Å². The Bertz CT molecular complexity index is 487. The Kier molecular flexibility index (Phi) is 4.14. The minimum atomic E-state index is -1.13. The smallest absolute Gasteiger partial charge is 0.338 e. The summed E-state index contributed by atoms with van der Waals surface area (Å²) in [6.45, 7) is 2.11. The molecule has 0 radical (unpaired) electrons. The summed E-state index contributed by atoms with van der Waals surface area (Å²) < 4.78 is 0. The van der Waals surface area contributed by atoms with E-state index in [-0.39, 0.29) is 17.3 Å². The number of carbonyl (C=O) groups is 2. The number of nitrogens with one attached hydrogen (secondary N) is 1. The van der Waals surface area contributed by atoms with Crippen LogP contribution < -0.4 is 5.32 Å². The van der Waals surface area contributed by atoms with E-state index in [2.05, 4.69) is 17.2 Å². The van der Waals surface area contributed by atoms with Gasteiger partial charge in [-0.3, -0.25) is 9.78 Å². The predicted octanol–water partition coefficient (Wildman–Crippen LogP) is 2.09. The van der Waals surface area contributed by atoms with Gasteiger partial charge < -0.3 is 10.4 Å². The predicted molar refractivity (Wildman–Crippen MR) is 70.1 cm³/mol. The zero-order chi connectivity index (χ0) is 13.8. The van der Waals surface area contributed by atoms with Gasteiger partial charge >= 0.3 is 5.97 Å². The molecule has 0 aromatic carbocycles. The van der Waals surface area contributed by atoms with Crippen LogP contribution >= 0.6 is 0 Å². The second kappa shape index (κ2) is 5.82. The molecular weight excluding hydrogens is 244 g/mol. The van der Waals surface area contributed by atoms with Gasteiger partial charge in [0.15, 0.2) is 0 Å². The fraction of sp³-hybridized carbons (Fsp3) is 0.500. The van der Waals surface area contributed by atoms with Crippen LogP contribution in [-0.2, 0) is 0 Å². The van der Waals surface area contributed by atoms with Gasteiger partial charge in [-0.15, -0.1) is 0 Å². The first-order valence-electron chi connectivity index (χ1n) is 6.58. The number of carbonyl (C=O) groups excluding carboxylic acids is 1. The Morgan fingerprint density at radius 1 is 1.37 bits per heavy atom. The molecule has 5 heteroatoms. The second-order valence-electron chi connectivity index (χ2n) is 5.05. The largest absolute Gasteiger partial charge is 0.478 e. The third kappa shape index (κ3) is 3.10. The number of aromatic carboxylic acids is 1. The number of aromatic nitrogens is 1. The summed E-state index contributed by atoms with van der Waals surface area (Å²) in [5, 5.41) is 12.0. The van der Waals surface area contributed by atoms with Crippen molar-refractivity contribution in [3.05, 3.63) is 29.6 Å². The normalized spacial score (nSPS) is 22.8. The number of nitrogens with zero attached hydrogens (tertiary/aromatic N) is 1. The molecule has 2 N–H and O–H groups in total. The number of rotatable bonds is 3. The molecule has 0 aliphatic heterocycles. The van der Waals surface area contributed by atoms with Crippen molar-refractivity contribution < 1.29 is 14.7 Å². The highest BCUT2D eigenvalue weighted by Gasteiger charge is 2.25. The van der Waals surface area contributed by atoms with Gasteiger partial charge in [0.25, 0.3) is 5.91 Å². The summed E-state index contributed by atoms with van der Waals surface area (Å²) in [6, 6.07) is 3.03. The Hall–Kier alpha value is -1.91. The molecule has 5 nitrogen and oxygen atoms in total. The summed E-state index contributed by atoms with van der Waals surface area (Å²) in [4.78, 5) is 27.1. The van der Waals surface area contributed by atoms with Crippen LogP contribution in [0.4, 0.5) is 0 Å². The lowest BCUT2D eigenvalue weighted by Crippen LogP contribution is -2.41. The summed E-state index contributed by atoms with van der Waals surface area (Å²) >= 11 is 0. The molecule has 2 rings (SSSR count). The van der Waals surface area contributed by atoms with Crippen molar-refractivity contribution in [3.63, 3.8) is 0 Å². The molecule has 1 amide bonds. The molecular formula is C14H18N2O3. The maximum absolute atomic E-state index is 12.1. The molecule has 19 heavy (non-hydrogen) atoms. The standard InChI is InChI=1S/C14H18N2O3/c1-9-5-2-3-7-11(9)16-13(17)12-10(14(18)19)6-4-8-15-12/h4,6,8-9,11H,2-3,5,7H2,1H3,(H,16,17)(H,18,19). The first-order chi connectivity index (χ1) is 9.09. The second-order valence-corrected chi connectivity index (χ2v) is 5.05. The minimum absolute atomic E-state index is 0.00669.